The van der Waals surface area contributed by atoms with Crippen LogP contribution in [0.1, 0.15) is 48.7 Å². The van der Waals surface area contributed by atoms with E-state index >= 15 is 0 Å². The molecule has 1 fully saturated rings. The quantitative estimate of drug-likeness (QED) is 0.365. The molecule has 4 N–H and O–H groups in total. The average molecular weight is 572 g/mol. The number of aromatic nitrogens is 3. The highest BCUT2D eigenvalue weighted by molar-refractivity contribution is 6.30. The highest BCUT2D eigenvalue weighted by Crippen LogP contribution is 2.31. The first kappa shape index (κ1) is 32.1. The lowest BCUT2D eigenvalue weighted by Crippen LogP contribution is -2.41. The van der Waals surface area contributed by atoms with E-state index in [1.807, 2.05) is 27.7 Å². The molecule has 0 atom stereocenters. The second-order valence-electron chi connectivity index (χ2n) is 7.44. The predicted molar refractivity (Wildman–Crippen MR) is 154 cm³/mol. The molecule has 1 aromatic carbocycles. The normalized spacial score (nSPS) is 12.2. The molecule has 0 saturated carbocycles. The molecule has 1 saturated heterocycles. The largest absolute Gasteiger partial charge is 0.490 e. The molecular weight excluding hydrogens is 538 g/mol. The van der Waals surface area contributed by atoms with Crippen LogP contribution in [0.5, 0.6) is 5.75 Å². The van der Waals surface area contributed by atoms with Crippen LogP contribution in [0, 0.1) is 0 Å². The van der Waals surface area contributed by atoms with Gasteiger partial charge in [0.25, 0.3) is 17.7 Å². The Hall–Kier alpha value is -4.13. The maximum absolute atomic E-state index is 13.1. The number of hydrogen-bond donors (Lipinski definition) is 3. The van der Waals surface area contributed by atoms with E-state index in [-0.39, 0.29) is 42.9 Å². The molecule has 3 amide bonds. The zero-order chi connectivity index (χ0) is 29.5. The molecule has 1 aliphatic heterocycles. The van der Waals surface area contributed by atoms with E-state index in [1.165, 1.54) is 24.7 Å². The Morgan fingerprint density at radius 2 is 1.70 bits per heavy atom. The minimum absolute atomic E-state index is 0.0134. The van der Waals surface area contributed by atoms with Crippen molar-refractivity contribution in [1.29, 1.82) is 0 Å². The van der Waals surface area contributed by atoms with Gasteiger partial charge in [-0.2, -0.15) is 0 Å². The number of ether oxygens (including phenoxy) is 2. The van der Waals surface area contributed by atoms with Gasteiger partial charge in [-0.05, 0) is 24.3 Å². The topological polar surface area (TPSA) is 162 Å². The van der Waals surface area contributed by atoms with Crippen molar-refractivity contribution in [2.24, 2.45) is 5.73 Å². The van der Waals surface area contributed by atoms with Crippen LogP contribution in [0.15, 0.2) is 48.9 Å². The zero-order valence-corrected chi connectivity index (χ0v) is 23.7. The van der Waals surface area contributed by atoms with Crippen LogP contribution in [-0.4, -0.2) is 65.6 Å². The Kier molecular flexibility index (Phi) is 13.4. The summed E-state index contributed by atoms with van der Waals surface area (Å²) in [6, 6.07) is 7.97. The Balaban J connectivity index is 0.00000134. The molecule has 13 heteroatoms. The Labute approximate surface area is 238 Å². The van der Waals surface area contributed by atoms with Crippen LogP contribution >= 0.6 is 11.6 Å². The van der Waals surface area contributed by atoms with Crippen molar-refractivity contribution in [2.75, 3.05) is 48.4 Å². The van der Waals surface area contributed by atoms with Crippen molar-refractivity contribution < 1.29 is 23.9 Å². The molecule has 0 unspecified atom stereocenters. The molecule has 12 nitrogen and oxygen atoms in total. The Morgan fingerprint density at radius 1 is 1.02 bits per heavy atom. The summed E-state index contributed by atoms with van der Waals surface area (Å²) < 4.78 is 10.9. The molecule has 3 aromatic rings. The number of pyridine rings is 1. The van der Waals surface area contributed by atoms with Gasteiger partial charge in [-0.3, -0.25) is 14.4 Å². The molecule has 214 valence electrons. The zero-order valence-electron chi connectivity index (χ0n) is 22.9. The first-order chi connectivity index (χ1) is 19.5. The molecular formula is C27H34ClN7O5. The minimum atomic E-state index is -0.690. The number of nitrogens with one attached hydrogen (secondary N) is 2. The third-order valence-electron chi connectivity index (χ3n) is 4.98. The summed E-state index contributed by atoms with van der Waals surface area (Å²) in [6.07, 6.45) is 3.97. The molecule has 4 rings (SSSR count). The van der Waals surface area contributed by atoms with Crippen molar-refractivity contribution in [1.82, 2.24) is 15.0 Å². The third kappa shape index (κ3) is 8.70. The van der Waals surface area contributed by atoms with Crippen molar-refractivity contribution in [3.8, 4) is 5.75 Å². The smallest absolute Gasteiger partial charge is 0.277 e. The average Bonchev–Trinajstić information content (AvgIpc) is 3.00. The number of morpholine rings is 1. The standard InChI is InChI=1S/C23H22ClN7O5.2C2H6/c24-14-1-4-18(28-12-14)30-23(34)21-20(26-6-7-27-21)22(33)29-16-3-2-15(11-17(16)36-9-5-25)31-8-10-35-13-19(31)32;2*1-2/h1-4,6-7,11-12H,5,8-10,13,25H2,(H,29,33)(H,28,30,34);2*1-2H3. The van der Waals surface area contributed by atoms with Gasteiger partial charge in [-0.1, -0.05) is 39.3 Å². The van der Waals surface area contributed by atoms with Crippen molar-refractivity contribution >= 4 is 46.5 Å². The SMILES string of the molecule is CC.CC.NCCOc1cc(N2CCOCC2=O)ccc1NC(=O)c1nccnc1C(=O)Nc1ccc(Cl)cn1. The second kappa shape index (κ2) is 16.7. The molecule has 0 aliphatic carbocycles. The summed E-state index contributed by atoms with van der Waals surface area (Å²) in [5.74, 6) is -1.03. The lowest BCUT2D eigenvalue weighted by atomic mass is 10.2. The maximum Gasteiger partial charge on any atom is 0.277 e. The van der Waals surface area contributed by atoms with Crippen LogP contribution < -0.4 is 26.0 Å². The maximum atomic E-state index is 13.1. The van der Waals surface area contributed by atoms with E-state index in [9.17, 15) is 14.4 Å². The van der Waals surface area contributed by atoms with E-state index in [2.05, 4.69) is 25.6 Å². The van der Waals surface area contributed by atoms with Gasteiger partial charge >= 0.3 is 0 Å². The van der Waals surface area contributed by atoms with E-state index in [0.717, 1.165) is 0 Å². The number of benzene rings is 1. The van der Waals surface area contributed by atoms with E-state index < -0.39 is 11.8 Å². The van der Waals surface area contributed by atoms with Gasteiger partial charge in [0.1, 0.15) is 24.8 Å². The highest BCUT2D eigenvalue weighted by Gasteiger charge is 2.24. The number of carbonyl (C=O) groups excluding carboxylic acids is 3. The first-order valence-corrected chi connectivity index (χ1v) is 13.2. The number of halogens is 1. The Bertz CT molecular complexity index is 1270. The molecule has 0 bridgehead atoms. The third-order valence-corrected chi connectivity index (χ3v) is 5.21. The number of nitrogens with two attached hydrogens (primary N) is 1. The van der Waals surface area contributed by atoms with Gasteiger partial charge in [0, 0.05) is 43.4 Å². The van der Waals surface area contributed by atoms with E-state index in [4.69, 9.17) is 26.8 Å². The fourth-order valence-corrected chi connectivity index (χ4v) is 3.45. The summed E-state index contributed by atoms with van der Waals surface area (Å²) in [7, 11) is 0. The van der Waals surface area contributed by atoms with Crippen LogP contribution in [-0.2, 0) is 9.53 Å². The number of rotatable bonds is 8. The first-order valence-electron chi connectivity index (χ1n) is 12.9. The van der Waals surface area contributed by atoms with Crippen LogP contribution in [0.3, 0.4) is 0 Å². The summed E-state index contributed by atoms with van der Waals surface area (Å²) >= 11 is 5.82. The molecule has 2 aromatic heterocycles. The fraction of sp³-hybridized carbons (Fsp3) is 0.333. The van der Waals surface area contributed by atoms with Gasteiger partial charge in [-0.25, -0.2) is 15.0 Å². The highest BCUT2D eigenvalue weighted by atomic mass is 35.5. The van der Waals surface area contributed by atoms with Crippen molar-refractivity contribution in [3.05, 3.63) is 65.3 Å². The van der Waals surface area contributed by atoms with Gasteiger partial charge in [0.2, 0.25) is 0 Å². The molecule has 40 heavy (non-hydrogen) atoms. The summed E-state index contributed by atoms with van der Waals surface area (Å²) in [6.45, 7) is 9.20. The van der Waals surface area contributed by atoms with E-state index in [1.54, 1.807) is 29.2 Å². The second-order valence-corrected chi connectivity index (χ2v) is 7.88. The summed E-state index contributed by atoms with van der Waals surface area (Å²) in [5, 5.41) is 5.66. The van der Waals surface area contributed by atoms with Crippen LogP contribution in [0.25, 0.3) is 0 Å². The number of anilines is 3. The van der Waals surface area contributed by atoms with Crippen molar-refractivity contribution in [2.45, 2.75) is 27.7 Å². The lowest BCUT2D eigenvalue weighted by molar-refractivity contribution is -0.125. The molecule has 0 radical (unpaired) electrons. The van der Waals surface area contributed by atoms with Crippen LogP contribution in [0.2, 0.25) is 5.02 Å². The van der Waals surface area contributed by atoms with Gasteiger partial charge in [0.15, 0.2) is 11.4 Å². The van der Waals surface area contributed by atoms with Gasteiger partial charge in [-0.15, -0.1) is 0 Å². The van der Waals surface area contributed by atoms with Gasteiger partial charge in [0.05, 0.1) is 17.3 Å². The summed E-state index contributed by atoms with van der Waals surface area (Å²) in [4.78, 5) is 51.7. The number of nitrogens with zero attached hydrogens (tertiary/aromatic N) is 4. The minimum Gasteiger partial charge on any atom is -0.490 e. The number of hydrogen-bond acceptors (Lipinski definition) is 9. The Morgan fingerprint density at radius 3 is 2.30 bits per heavy atom. The van der Waals surface area contributed by atoms with Crippen molar-refractivity contribution in [3.63, 3.8) is 0 Å². The lowest BCUT2D eigenvalue weighted by Gasteiger charge is -2.27. The predicted octanol–water partition coefficient (Wildman–Crippen LogP) is 3.78. The number of carbonyl (C=O) groups is 3. The molecule has 1 aliphatic rings. The monoisotopic (exact) mass is 571 g/mol. The van der Waals surface area contributed by atoms with Crippen LogP contribution in [0.4, 0.5) is 17.2 Å². The summed E-state index contributed by atoms with van der Waals surface area (Å²) in [5.41, 5.74) is 6.06. The molecule has 3 heterocycles. The number of amides is 3. The molecule has 0 spiro atoms. The van der Waals surface area contributed by atoms with E-state index in [0.29, 0.717) is 35.3 Å². The fourth-order valence-electron chi connectivity index (χ4n) is 3.34. The van der Waals surface area contributed by atoms with Gasteiger partial charge < -0.3 is 30.7 Å².